The van der Waals surface area contributed by atoms with Gasteiger partial charge in [-0.3, -0.25) is 9.97 Å². The average molecular weight is 392 g/mol. The highest BCUT2D eigenvalue weighted by Crippen LogP contribution is 2.24. The number of benzene rings is 1. The highest BCUT2D eigenvalue weighted by molar-refractivity contribution is 5.59. The number of nitrogens with zero attached hydrogens (tertiary/aromatic N) is 3. The Labute approximate surface area is 158 Å². The molecule has 0 fully saturated rings. The second kappa shape index (κ2) is 8.20. The maximum Gasteiger partial charge on any atom is 0.422 e. The van der Waals surface area contributed by atoms with Gasteiger partial charge >= 0.3 is 6.18 Å². The Hall–Kier alpha value is -3.23. The number of halogens is 4. The van der Waals surface area contributed by atoms with Crippen molar-refractivity contribution >= 4 is 5.82 Å². The first-order valence-electron chi connectivity index (χ1n) is 8.29. The van der Waals surface area contributed by atoms with Crippen LogP contribution in [0.1, 0.15) is 18.5 Å². The Morgan fingerprint density at radius 3 is 2.43 bits per heavy atom. The van der Waals surface area contributed by atoms with Crippen LogP contribution in [0.25, 0.3) is 11.3 Å². The molecule has 0 aliphatic heterocycles. The van der Waals surface area contributed by atoms with Gasteiger partial charge in [-0.1, -0.05) is 12.1 Å². The molecule has 2 heterocycles. The third kappa shape index (κ3) is 5.38. The molecular formula is C19H16F4N4O. The number of aromatic nitrogens is 3. The molecule has 0 radical (unpaired) electrons. The van der Waals surface area contributed by atoms with Crippen molar-refractivity contribution in [1.29, 1.82) is 0 Å². The zero-order valence-electron chi connectivity index (χ0n) is 14.7. The van der Waals surface area contributed by atoms with E-state index in [1.54, 1.807) is 12.1 Å². The van der Waals surface area contributed by atoms with Gasteiger partial charge in [0.2, 0.25) is 0 Å². The summed E-state index contributed by atoms with van der Waals surface area (Å²) in [4.78, 5) is 12.4. The van der Waals surface area contributed by atoms with Gasteiger partial charge in [0.1, 0.15) is 17.4 Å². The fraction of sp³-hybridized carbons (Fsp3) is 0.211. The maximum atomic E-state index is 13.0. The molecule has 146 valence electrons. The van der Waals surface area contributed by atoms with Crippen LogP contribution in [0.15, 0.2) is 55.1 Å². The Kier molecular flexibility index (Phi) is 5.72. The second-order valence-electron chi connectivity index (χ2n) is 6.02. The first-order valence-corrected chi connectivity index (χ1v) is 8.29. The van der Waals surface area contributed by atoms with Crippen LogP contribution in [0.3, 0.4) is 0 Å². The molecule has 0 saturated carbocycles. The van der Waals surface area contributed by atoms with Crippen molar-refractivity contribution in [3.8, 4) is 17.0 Å². The van der Waals surface area contributed by atoms with E-state index < -0.39 is 12.8 Å². The minimum absolute atomic E-state index is 0.0104. The molecule has 1 unspecified atom stereocenters. The van der Waals surface area contributed by atoms with E-state index in [4.69, 9.17) is 4.74 Å². The minimum atomic E-state index is -4.43. The first kappa shape index (κ1) is 19.5. The minimum Gasteiger partial charge on any atom is -0.482 e. The van der Waals surface area contributed by atoms with Crippen LogP contribution in [0.5, 0.6) is 5.75 Å². The number of anilines is 1. The van der Waals surface area contributed by atoms with E-state index in [0.29, 0.717) is 17.1 Å². The van der Waals surface area contributed by atoms with Crippen molar-refractivity contribution in [2.75, 3.05) is 11.9 Å². The molecule has 5 nitrogen and oxygen atoms in total. The molecule has 0 aliphatic carbocycles. The van der Waals surface area contributed by atoms with E-state index in [-0.39, 0.29) is 17.6 Å². The predicted octanol–water partition coefficient (Wildman–Crippen LogP) is 4.79. The second-order valence-corrected chi connectivity index (χ2v) is 6.02. The van der Waals surface area contributed by atoms with Crippen molar-refractivity contribution < 1.29 is 22.3 Å². The fourth-order valence-corrected chi connectivity index (χ4v) is 2.41. The van der Waals surface area contributed by atoms with Crippen LogP contribution in [0.4, 0.5) is 23.4 Å². The molecule has 0 saturated heterocycles. The zero-order valence-corrected chi connectivity index (χ0v) is 14.7. The standard InChI is InChI=1S/C19H16F4N4O/c1-12(13-2-4-15(20)5-3-13)27-18-10-25-17(9-26-18)14-6-16(8-24-7-14)28-11-19(21,22)23/h2-10,12H,11H2,1H3,(H,26,27). The molecule has 1 atom stereocenters. The predicted molar refractivity (Wildman–Crippen MR) is 95.3 cm³/mol. The smallest absolute Gasteiger partial charge is 0.422 e. The summed E-state index contributed by atoms with van der Waals surface area (Å²) in [5.74, 6) is 0.178. The topological polar surface area (TPSA) is 59.9 Å². The van der Waals surface area contributed by atoms with Crippen molar-refractivity contribution in [2.24, 2.45) is 0 Å². The molecule has 1 N–H and O–H groups in total. The Bertz CT molecular complexity index is 914. The molecule has 9 heteroatoms. The van der Waals surface area contributed by atoms with Crippen molar-refractivity contribution in [2.45, 2.75) is 19.1 Å². The lowest BCUT2D eigenvalue weighted by atomic mass is 10.1. The lowest BCUT2D eigenvalue weighted by molar-refractivity contribution is -0.153. The summed E-state index contributed by atoms with van der Waals surface area (Å²) in [6, 6.07) is 7.39. The van der Waals surface area contributed by atoms with Crippen LogP contribution in [-0.4, -0.2) is 27.7 Å². The van der Waals surface area contributed by atoms with E-state index in [0.717, 1.165) is 5.56 Å². The fourth-order valence-electron chi connectivity index (χ4n) is 2.41. The summed E-state index contributed by atoms with van der Waals surface area (Å²) >= 11 is 0. The summed E-state index contributed by atoms with van der Waals surface area (Å²) < 4.78 is 54.5. The van der Waals surface area contributed by atoms with Crippen molar-refractivity contribution in [1.82, 2.24) is 15.0 Å². The van der Waals surface area contributed by atoms with E-state index in [1.165, 1.54) is 43.0 Å². The van der Waals surface area contributed by atoms with Crippen LogP contribution in [0.2, 0.25) is 0 Å². The van der Waals surface area contributed by atoms with Crippen LogP contribution in [0, 0.1) is 5.82 Å². The normalized spacial score (nSPS) is 12.5. The van der Waals surface area contributed by atoms with Gasteiger partial charge < -0.3 is 10.1 Å². The van der Waals surface area contributed by atoms with Gasteiger partial charge in [-0.05, 0) is 30.7 Å². The maximum absolute atomic E-state index is 13.0. The molecule has 28 heavy (non-hydrogen) atoms. The van der Waals surface area contributed by atoms with E-state index in [2.05, 4.69) is 20.3 Å². The molecule has 0 spiro atoms. The molecular weight excluding hydrogens is 376 g/mol. The quantitative estimate of drug-likeness (QED) is 0.611. The van der Waals surface area contributed by atoms with Gasteiger partial charge in [0, 0.05) is 17.8 Å². The number of rotatable bonds is 6. The zero-order chi connectivity index (χ0) is 20.1. The third-order valence-corrected chi connectivity index (χ3v) is 3.80. The van der Waals surface area contributed by atoms with Gasteiger partial charge in [0.25, 0.3) is 0 Å². The Balaban J connectivity index is 1.68. The van der Waals surface area contributed by atoms with E-state index in [1.807, 2.05) is 6.92 Å². The van der Waals surface area contributed by atoms with E-state index >= 15 is 0 Å². The summed E-state index contributed by atoms with van der Waals surface area (Å²) in [6.07, 6.45) is 1.20. The lowest BCUT2D eigenvalue weighted by Crippen LogP contribution is -2.19. The number of ether oxygens (including phenoxy) is 1. The first-order chi connectivity index (χ1) is 13.3. The molecule has 3 aromatic rings. The molecule has 2 aromatic heterocycles. The highest BCUT2D eigenvalue weighted by Gasteiger charge is 2.28. The molecule has 0 aliphatic rings. The van der Waals surface area contributed by atoms with Crippen LogP contribution < -0.4 is 10.1 Å². The number of hydrogen-bond donors (Lipinski definition) is 1. The number of alkyl halides is 3. The summed E-state index contributed by atoms with van der Waals surface area (Å²) in [5.41, 5.74) is 1.79. The highest BCUT2D eigenvalue weighted by atomic mass is 19.4. The number of hydrogen-bond acceptors (Lipinski definition) is 5. The van der Waals surface area contributed by atoms with Gasteiger partial charge in [-0.25, -0.2) is 9.37 Å². The SMILES string of the molecule is CC(Nc1cnc(-c2cncc(OCC(F)(F)F)c2)cn1)c1ccc(F)cc1. The van der Waals surface area contributed by atoms with Crippen LogP contribution >= 0.6 is 0 Å². The molecule has 0 amide bonds. The number of nitrogens with one attached hydrogen (secondary N) is 1. The third-order valence-electron chi connectivity index (χ3n) is 3.80. The van der Waals surface area contributed by atoms with Gasteiger partial charge in [-0.2, -0.15) is 13.2 Å². The monoisotopic (exact) mass is 392 g/mol. The summed E-state index contributed by atoms with van der Waals surface area (Å²) in [7, 11) is 0. The van der Waals surface area contributed by atoms with Crippen molar-refractivity contribution in [3.63, 3.8) is 0 Å². The van der Waals surface area contributed by atoms with Gasteiger partial charge in [-0.15, -0.1) is 0 Å². The average Bonchev–Trinajstić information content (AvgIpc) is 2.67. The number of pyridine rings is 1. The Morgan fingerprint density at radius 1 is 1.04 bits per heavy atom. The summed E-state index contributed by atoms with van der Waals surface area (Å²) in [6.45, 7) is 0.502. The summed E-state index contributed by atoms with van der Waals surface area (Å²) in [5, 5.41) is 3.14. The largest absolute Gasteiger partial charge is 0.482 e. The van der Waals surface area contributed by atoms with E-state index in [9.17, 15) is 17.6 Å². The molecule has 1 aromatic carbocycles. The molecule has 3 rings (SSSR count). The lowest BCUT2D eigenvalue weighted by Gasteiger charge is -2.15. The van der Waals surface area contributed by atoms with Crippen molar-refractivity contribution in [3.05, 3.63) is 66.5 Å². The van der Waals surface area contributed by atoms with Crippen LogP contribution in [-0.2, 0) is 0 Å². The molecule has 0 bridgehead atoms. The van der Waals surface area contributed by atoms with Gasteiger partial charge in [0.15, 0.2) is 6.61 Å². The Morgan fingerprint density at radius 2 is 1.79 bits per heavy atom. The van der Waals surface area contributed by atoms with Gasteiger partial charge in [0.05, 0.1) is 24.3 Å².